The Morgan fingerprint density at radius 3 is 3.08 bits per heavy atom. The first-order chi connectivity index (χ1) is 6.25. The van der Waals surface area contributed by atoms with Crippen molar-refractivity contribution in [1.82, 2.24) is 0 Å². The molecule has 1 saturated heterocycles. The molecule has 2 N–H and O–H groups in total. The molecule has 0 aromatic carbocycles. The van der Waals surface area contributed by atoms with Gasteiger partial charge in [0.25, 0.3) is 0 Å². The van der Waals surface area contributed by atoms with Crippen LogP contribution < -0.4 is 5.73 Å². The van der Waals surface area contributed by atoms with Crippen LogP contribution in [-0.2, 0) is 9.47 Å². The molecule has 0 spiro atoms. The van der Waals surface area contributed by atoms with Crippen molar-refractivity contribution in [2.24, 2.45) is 5.73 Å². The molecule has 4 nitrogen and oxygen atoms in total. The van der Waals surface area contributed by atoms with E-state index in [1.165, 1.54) is 0 Å². The molecule has 1 fully saturated rings. The standard InChI is InChI=1S/C7H10O2.CH2NO.In/c1-3-6(2)8-4-7-5-9-7;2-1-3;/h1,3,6-7H,2,4-5H2;(H2,2,3);/t6-,7-;;/m1../s1. The predicted molar refractivity (Wildman–Crippen MR) is 48.8 cm³/mol. The molecule has 0 bridgehead atoms. The number of hydrogen-bond donors (Lipinski definition) is 1. The summed E-state index contributed by atoms with van der Waals surface area (Å²) in [6.07, 6.45) is 2.43. The number of hydrogen-bond acceptors (Lipinski definition) is 3. The Labute approximate surface area is 84.6 Å². The van der Waals surface area contributed by atoms with Crippen LogP contribution in [-0.4, -0.2) is 50.5 Å². The van der Waals surface area contributed by atoms with Crippen LogP contribution in [0.5, 0.6) is 0 Å². The third-order valence-corrected chi connectivity index (χ3v) is 9.13. The summed E-state index contributed by atoms with van der Waals surface area (Å²) in [6, 6.07) is 0. The van der Waals surface area contributed by atoms with Crippen LogP contribution in [0.25, 0.3) is 0 Å². The van der Waals surface area contributed by atoms with Gasteiger partial charge < -0.3 is 0 Å². The maximum absolute atomic E-state index is 10.9. The summed E-state index contributed by atoms with van der Waals surface area (Å²) in [5, 5.41) is 0. The summed E-state index contributed by atoms with van der Waals surface area (Å²) in [5.41, 5.74) is 5.25. The number of epoxide rings is 1. The fraction of sp³-hybridized carbons (Fsp3) is 0.625. The Morgan fingerprint density at radius 1 is 1.77 bits per heavy atom. The first kappa shape index (κ1) is 9.55. The fourth-order valence-electron chi connectivity index (χ4n) is 1.40. The van der Waals surface area contributed by atoms with Crippen molar-refractivity contribution in [1.29, 1.82) is 0 Å². The monoisotopic (exact) mass is 285 g/mol. The zero-order valence-corrected chi connectivity index (χ0v) is 10.6. The quantitative estimate of drug-likeness (QED) is 0.741. The van der Waals surface area contributed by atoms with E-state index in [1.54, 1.807) is 0 Å². The zero-order chi connectivity index (χ0) is 9.26. The third-order valence-electron chi connectivity index (χ3n) is 2.31. The number of amides is 1. The van der Waals surface area contributed by atoms with Crippen LogP contribution in [0.3, 0.4) is 0 Å². The number of ether oxygens (including phenoxy) is 2. The van der Waals surface area contributed by atoms with E-state index in [4.69, 9.17) is 15.2 Å². The van der Waals surface area contributed by atoms with Crippen LogP contribution in [0.1, 0.15) is 0 Å². The number of carbonyl (C=O) groups excluding carboxylic acids is 1. The third kappa shape index (κ3) is 2.72. The molecule has 13 heavy (non-hydrogen) atoms. The Hall–Kier alpha value is 0.000130. The molecular weight excluding hydrogens is 273 g/mol. The van der Waals surface area contributed by atoms with Gasteiger partial charge in [-0.2, -0.15) is 0 Å². The topological polar surface area (TPSA) is 64.9 Å². The second-order valence-electron chi connectivity index (χ2n) is 3.46. The normalized spacial score (nSPS) is 30.9. The van der Waals surface area contributed by atoms with Gasteiger partial charge >= 0.3 is 84.6 Å². The number of carbonyl (C=O) groups is 1. The molecule has 5 heteroatoms. The van der Waals surface area contributed by atoms with Crippen LogP contribution >= 0.6 is 0 Å². The van der Waals surface area contributed by atoms with E-state index in [1.807, 2.05) is 9.91 Å². The van der Waals surface area contributed by atoms with Crippen LogP contribution in [0, 0.1) is 0 Å². The Bertz CT molecular complexity index is 240. The van der Waals surface area contributed by atoms with E-state index in [2.05, 4.69) is 0 Å². The molecule has 1 amide bonds. The molecule has 0 saturated carbocycles. The van der Waals surface area contributed by atoms with Gasteiger partial charge in [0.1, 0.15) is 0 Å². The zero-order valence-electron chi connectivity index (χ0n) is 7.31. The molecule has 2 aliphatic rings. The first-order valence-electron chi connectivity index (χ1n) is 4.46. The van der Waals surface area contributed by atoms with Crippen LogP contribution in [0.2, 0.25) is 4.18 Å². The van der Waals surface area contributed by atoms with E-state index in [-0.39, 0.29) is 9.77 Å². The molecule has 0 radical (unpaired) electrons. The fourth-order valence-corrected chi connectivity index (χ4v) is 6.79. The SMILES string of the molecule is N[C](=O)[In]1[CH]=C[C@H](OC[C@@H]2CO2)[CH2]1. The van der Waals surface area contributed by atoms with Crippen molar-refractivity contribution >= 4 is 25.1 Å². The molecule has 2 atom stereocenters. The van der Waals surface area contributed by atoms with Gasteiger partial charge in [0, 0.05) is 0 Å². The molecule has 0 aromatic heterocycles. The maximum atomic E-state index is 10.9. The van der Waals surface area contributed by atoms with Gasteiger partial charge in [0.15, 0.2) is 0 Å². The molecule has 2 rings (SSSR count). The van der Waals surface area contributed by atoms with E-state index < -0.39 is 21.4 Å². The van der Waals surface area contributed by atoms with E-state index in [0.717, 1.165) is 10.8 Å². The Morgan fingerprint density at radius 2 is 2.54 bits per heavy atom. The van der Waals surface area contributed by atoms with Crippen molar-refractivity contribution in [3.8, 4) is 0 Å². The summed E-state index contributed by atoms with van der Waals surface area (Å²) in [4.78, 5) is 10.9. The average molecular weight is 285 g/mol. The minimum absolute atomic E-state index is 0.0631. The molecule has 70 valence electrons. The second kappa shape index (κ2) is 4.02. The van der Waals surface area contributed by atoms with Crippen molar-refractivity contribution < 1.29 is 14.3 Å². The van der Waals surface area contributed by atoms with Crippen molar-refractivity contribution in [3.63, 3.8) is 0 Å². The average Bonchev–Trinajstić information content (AvgIpc) is 2.79. The van der Waals surface area contributed by atoms with Gasteiger partial charge in [0.05, 0.1) is 0 Å². The van der Waals surface area contributed by atoms with Gasteiger partial charge in [0.2, 0.25) is 0 Å². The van der Waals surface area contributed by atoms with Gasteiger partial charge in [-0.15, -0.1) is 0 Å². The van der Waals surface area contributed by atoms with Crippen LogP contribution in [0.4, 0.5) is 4.79 Å². The van der Waals surface area contributed by atoms with Crippen molar-refractivity contribution in [2.45, 2.75) is 16.4 Å². The number of rotatable bonds is 4. The van der Waals surface area contributed by atoms with Crippen LogP contribution in [0.15, 0.2) is 9.91 Å². The Kier molecular flexibility index (Phi) is 2.96. The van der Waals surface area contributed by atoms with E-state index >= 15 is 0 Å². The summed E-state index contributed by atoms with van der Waals surface area (Å²) in [7, 11) is 0. The summed E-state index contributed by atoms with van der Waals surface area (Å²) in [6.45, 7) is 1.48. The summed E-state index contributed by atoms with van der Waals surface area (Å²) >= 11 is -2.14. The van der Waals surface area contributed by atoms with Gasteiger partial charge in [-0.1, -0.05) is 0 Å². The number of primary amides is 1. The predicted octanol–water partition coefficient (Wildman–Crippen LogP) is 0.0346. The minimum atomic E-state index is -2.14. The molecule has 2 heterocycles. The molecule has 0 aromatic rings. The molecule has 0 unspecified atom stereocenters. The van der Waals surface area contributed by atoms with E-state index in [9.17, 15) is 4.79 Å². The summed E-state index contributed by atoms with van der Waals surface area (Å²) < 4.78 is 13.4. The number of nitrogens with two attached hydrogens (primary N) is 1. The molecular formula is C8H12InNO3. The van der Waals surface area contributed by atoms with Crippen molar-refractivity contribution in [3.05, 3.63) is 9.91 Å². The van der Waals surface area contributed by atoms with Gasteiger partial charge in [-0.05, 0) is 0 Å². The van der Waals surface area contributed by atoms with Crippen molar-refractivity contribution in [2.75, 3.05) is 13.2 Å². The molecule has 0 aliphatic carbocycles. The second-order valence-corrected chi connectivity index (χ2v) is 11.0. The first-order valence-corrected chi connectivity index (χ1v) is 10.3. The van der Waals surface area contributed by atoms with Gasteiger partial charge in [-0.3, -0.25) is 0 Å². The van der Waals surface area contributed by atoms with E-state index in [0.29, 0.717) is 12.7 Å². The van der Waals surface area contributed by atoms with Gasteiger partial charge in [-0.25, -0.2) is 0 Å². The summed E-state index contributed by atoms with van der Waals surface area (Å²) in [5.74, 6) is 0. The molecule has 2 aliphatic heterocycles. The Balaban J connectivity index is 1.71.